The molecule has 1 aliphatic rings. The molecule has 2 aromatic rings. The van der Waals surface area contributed by atoms with Crippen molar-refractivity contribution in [3.8, 4) is 5.69 Å². The summed E-state index contributed by atoms with van der Waals surface area (Å²) >= 11 is 0. The number of hydrogen-bond donors (Lipinski definition) is 2. The molecule has 1 aromatic carbocycles. The standard InChI is InChI=1S/C17H22N6O2/c1-3-22-11-7-10-14(15(22)24)19-17(25)20-16-18-12(2)23(21-16)13-8-5-4-6-9-13/h4-6,8-9,14H,3,7,10-11H2,1-2H3,(H2,19,20,21,25). The van der Waals surface area contributed by atoms with Crippen LogP contribution in [-0.4, -0.2) is 50.7 Å². The lowest BCUT2D eigenvalue weighted by molar-refractivity contribution is -0.135. The van der Waals surface area contributed by atoms with Crippen molar-refractivity contribution < 1.29 is 9.59 Å². The van der Waals surface area contributed by atoms with E-state index < -0.39 is 12.1 Å². The molecule has 0 bridgehead atoms. The molecule has 1 unspecified atom stereocenters. The van der Waals surface area contributed by atoms with Crippen molar-refractivity contribution in [3.05, 3.63) is 36.2 Å². The third kappa shape index (κ3) is 3.78. The first-order chi connectivity index (χ1) is 12.1. The van der Waals surface area contributed by atoms with Crippen LogP contribution in [0.1, 0.15) is 25.6 Å². The lowest BCUT2D eigenvalue weighted by Gasteiger charge is -2.31. The van der Waals surface area contributed by atoms with Gasteiger partial charge >= 0.3 is 6.03 Å². The fourth-order valence-corrected chi connectivity index (χ4v) is 2.94. The maximum absolute atomic E-state index is 12.2. The van der Waals surface area contributed by atoms with Gasteiger partial charge in [0.15, 0.2) is 0 Å². The minimum absolute atomic E-state index is 0.0390. The number of aryl methyl sites for hydroxylation is 1. The first kappa shape index (κ1) is 16.9. The minimum atomic E-state index is -0.494. The number of likely N-dealkylation sites (N-methyl/N-ethyl adjacent to an activating group) is 1. The van der Waals surface area contributed by atoms with Crippen molar-refractivity contribution in [3.63, 3.8) is 0 Å². The number of para-hydroxylation sites is 1. The van der Waals surface area contributed by atoms with E-state index in [0.717, 1.165) is 18.7 Å². The quantitative estimate of drug-likeness (QED) is 0.885. The zero-order valence-electron chi connectivity index (χ0n) is 14.4. The second-order valence-corrected chi connectivity index (χ2v) is 5.94. The Labute approximate surface area is 146 Å². The van der Waals surface area contributed by atoms with Gasteiger partial charge in [-0.1, -0.05) is 18.2 Å². The predicted molar refractivity (Wildman–Crippen MR) is 93.5 cm³/mol. The van der Waals surface area contributed by atoms with Crippen LogP contribution in [0.5, 0.6) is 0 Å². The average Bonchev–Trinajstić information content (AvgIpc) is 2.97. The van der Waals surface area contributed by atoms with Gasteiger partial charge in [-0.2, -0.15) is 4.98 Å². The van der Waals surface area contributed by atoms with Gasteiger partial charge in [0, 0.05) is 13.1 Å². The van der Waals surface area contributed by atoms with Crippen LogP contribution in [-0.2, 0) is 4.79 Å². The molecule has 1 aromatic heterocycles. The number of likely N-dealkylation sites (tertiary alicyclic amines) is 1. The summed E-state index contributed by atoms with van der Waals surface area (Å²) in [6.45, 7) is 5.15. The van der Waals surface area contributed by atoms with Crippen LogP contribution in [0.3, 0.4) is 0 Å². The van der Waals surface area contributed by atoms with Gasteiger partial charge in [0.2, 0.25) is 5.91 Å². The number of rotatable bonds is 4. The van der Waals surface area contributed by atoms with Crippen molar-refractivity contribution >= 4 is 17.9 Å². The average molecular weight is 342 g/mol. The number of nitrogens with zero attached hydrogens (tertiary/aromatic N) is 4. The van der Waals surface area contributed by atoms with Gasteiger partial charge in [0.25, 0.3) is 5.95 Å². The first-order valence-electron chi connectivity index (χ1n) is 8.44. The molecule has 8 heteroatoms. The van der Waals surface area contributed by atoms with Gasteiger partial charge < -0.3 is 10.2 Å². The Hall–Kier alpha value is -2.90. The van der Waals surface area contributed by atoms with Crippen molar-refractivity contribution in [2.45, 2.75) is 32.7 Å². The number of hydrogen-bond acceptors (Lipinski definition) is 4. The summed E-state index contributed by atoms with van der Waals surface area (Å²) < 4.78 is 1.65. The number of amides is 3. The summed E-state index contributed by atoms with van der Waals surface area (Å²) in [5, 5.41) is 9.63. The van der Waals surface area contributed by atoms with Gasteiger partial charge in [-0.3, -0.25) is 10.1 Å². The Kier molecular flexibility index (Phi) is 4.97. The number of benzene rings is 1. The van der Waals surface area contributed by atoms with Crippen molar-refractivity contribution in [2.75, 3.05) is 18.4 Å². The second kappa shape index (κ2) is 7.33. The monoisotopic (exact) mass is 342 g/mol. The number of carbonyl (C=O) groups is 2. The minimum Gasteiger partial charge on any atom is -0.341 e. The first-order valence-corrected chi connectivity index (χ1v) is 8.44. The fourth-order valence-electron chi connectivity index (χ4n) is 2.94. The Morgan fingerprint density at radius 1 is 1.32 bits per heavy atom. The largest absolute Gasteiger partial charge is 0.341 e. The number of piperidine rings is 1. The van der Waals surface area contributed by atoms with Gasteiger partial charge in [-0.25, -0.2) is 9.48 Å². The summed E-state index contributed by atoms with van der Waals surface area (Å²) in [5.74, 6) is 0.824. The highest BCUT2D eigenvalue weighted by Gasteiger charge is 2.29. The van der Waals surface area contributed by atoms with Crippen LogP contribution in [0.2, 0.25) is 0 Å². The molecule has 1 fully saturated rings. The molecule has 1 aliphatic heterocycles. The maximum atomic E-state index is 12.2. The third-order valence-corrected chi connectivity index (χ3v) is 4.21. The number of carbonyl (C=O) groups excluding carboxylic acids is 2. The molecule has 2 heterocycles. The van der Waals surface area contributed by atoms with Gasteiger partial charge in [-0.15, -0.1) is 5.10 Å². The van der Waals surface area contributed by atoms with Crippen LogP contribution in [0, 0.1) is 6.92 Å². The zero-order chi connectivity index (χ0) is 17.8. The lowest BCUT2D eigenvalue weighted by atomic mass is 10.1. The van der Waals surface area contributed by atoms with Crippen molar-refractivity contribution in [1.82, 2.24) is 25.0 Å². The van der Waals surface area contributed by atoms with E-state index in [2.05, 4.69) is 20.7 Å². The summed E-state index contributed by atoms with van der Waals surface area (Å²) in [4.78, 5) is 30.4. The molecular weight excluding hydrogens is 320 g/mol. The van der Waals surface area contributed by atoms with Crippen LogP contribution < -0.4 is 10.6 Å². The molecule has 0 radical (unpaired) electrons. The number of anilines is 1. The van der Waals surface area contributed by atoms with Crippen molar-refractivity contribution in [2.24, 2.45) is 0 Å². The molecular formula is C17H22N6O2. The highest BCUT2D eigenvalue weighted by molar-refractivity contribution is 5.92. The van der Waals surface area contributed by atoms with Crippen molar-refractivity contribution in [1.29, 1.82) is 0 Å². The van der Waals surface area contributed by atoms with Crippen LogP contribution in [0.25, 0.3) is 5.69 Å². The highest BCUT2D eigenvalue weighted by atomic mass is 16.2. The molecule has 0 saturated carbocycles. The summed E-state index contributed by atoms with van der Waals surface area (Å²) in [5.41, 5.74) is 0.863. The van der Waals surface area contributed by atoms with E-state index in [9.17, 15) is 9.59 Å². The molecule has 3 rings (SSSR count). The number of urea groups is 1. The molecule has 0 aliphatic carbocycles. The van der Waals surface area contributed by atoms with Crippen LogP contribution in [0.15, 0.2) is 30.3 Å². The molecule has 132 valence electrons. The van der Waals surface area contributed by atoms with E-state index in [0.29, 0.717) is 18.8 Å². The molecule has 3 amide bonds. The molecule has 8 nitrogen and oxygen atoms in total. The van der Waals surface area contributed by atoms with Crippen LogP contribution >= 0.6 is 0 Å². The Morgan fingerprint density at radius 3 is 2.80 bits per heavy atom. The second-order valence-electron chi connectivity index (χ2n) is 5.94. The number of aromatic nitrogens is 3. The molecule has 1 atom stereocenters. The van der Waals surface area contributed by atoms with E-state index in [-0.39, 0.29) is 11.9 Å². The summed E-state index contributed by atoms with van der Waals surface area (Å²) in [7, 11) is 0. The molecule has 2 N–H and O–H groups in total. The van der Waals surface area contributed by atoms with Gasteiger partial charge in [0.05, 0.1) is 5.69 Å². The predicted octanol–water partition coefficient (Wildman–Crippen LogP) is 1.71. The molecule has 1 saturated heterocycles. The van der Waals surface area contributed by atoms with Crippen LogP contribution in [0.4, 0.5) is 10.7 Å². The maximum Gasteiger partial charge on any atom is 0.322 e. The Bertz CT molecular complexity index is 758. The highest BCUT2D eigenvalue weighted by Crippen LogP contribution is 2.13. The lowest BCUT2D eigenvalue weighted by Crippen LogP contribution is -2.53. The third-order valence-electron chi connectivity index (χ3n) is 4.21. The fraction of sp³-hybridized carbons (Fsp3) is 0.412. The Morgan fingerprint density at radius 2 is 2.08 bits per heavy atom. The summed E-state index contributed by atoms with van der Waals surface area (Å²) in [6.07, 6.45) is 1.53. The number of nitrogens with one attached hydrogen (secondary N) is 2. The van der Waals surface area contributed by atoms with E-state index in [1.807, 2.05) is 44.2 Å². The van der Waals surface area contributed by atoms with E-state index >= 15 is 0 Å². The Balaban J connectivity index is 1.65. The van der Waals surface area contributed by atoms with Gasteiger partial charge in [-0.05, 0) is 38.8 Å². The van der Waals surface area contributed by atoms with E-state index in [1.54, 1.807) is 9.58 Å². The zero-order valence-corrected chi connectivity index (χ0v) is 14.4. The summed E-state index contributed by atoms with van der Waals surface area (Å²) in [6, 6.07) is 8.59. The van der Waals surface area contributed by atoms with E-state index in [4.69, 9.17) is 0 Å². The molecule has 25 heavy (non-hydrogen) atoms. The van der Waals surface area contributed by atoms with Gasteiger partial charge in [0.1, 0.15) is 11.9 Å². The SMILES string of the molecule is CCN1CCCC(NC(=O)Nc2nc(C)n(-c3ccccc3)n2)C1=O. The topological polar surface area (TPSA) is 92.2 Å². The molecule has 0 spiro atoms. The normalized spacial score (nSPS) is 17.4. The van der Waals surface area contributed by atoms with E-state index in [1.165, 1.54) is 0 Å². The smallest absolute Gasteiger partial charge is 0.322 e.